The molecule has 1 aliphatic carbocycles. The number of fused-ring (bicyclic) bond motifs is 1. The van der Waals surface area contributed by atoms with E-state index in [1.165, 1.54) is 11.1 Å². The smallest absolute Gasteiger partial charge is 0.315 e. The number of aryl methyl sites for hydroxylation is 1. The van der Waals surface area contributed by atoms with E-state index in [-0.39, 0.29) is 18.1 Å². The highest BCUT2D eigenvalue weighted by atomic mass is 16.5. The molecule has 1 saturated heterocycles. The van der Waals surface area contributed by atoms with E-state index in [1.54, 1.807) is 7.11 Å². The maximum Gasteiger partial charge on any atom is 0.315 e. The number of amides is 2. The summed E-state index contributed by atoms with van der Waals surface area (Å²) >= 11 is 0. The van der Waals surface area contributed by atoms with Gasteiger partial charge in [0.15, 0.2) is 0 Å². The monoisotopic (exact) mass is 345 g/mol. The van der Waals surface area contributed by atoms with Gasteiger partial charge in [-0.1, -0.05) is 24.3 Å². The van der Waals surface area contributed by atoms with Gasteiger partial charge in [-0.05, 0) is 49.7 Å². The van der Waals surface area contributed by atoms with Gasteiger partial charge in [0, 0.05) is 38.8 Å². The molecule has 0 aromatic heterocycles. The largest absolute Gasteiger partial charge is 0.383 e. The molecule has 0 spiro atoms. The molecule has 0 radical (unpaired) electrons. The summed E-state index contributed by atoms with van der Waals surface area (Å²) in [7, 11) is 1.74. The summed E-state index contributed by atoms with van der Waals surface area (Å²) in [6.45, 7) is 3.83. The highest BCUT2D eigenvalue weighted by Crippen LogP contribution is 2.20. The Hall–Kier alpha value is -1.59. The number of piperidine rings is 1. The van der Waals surface area contributed by atoms with E-state index in [0.717, 1.165) is 64.8 Å². The van der Waals surface area contributed by atoms with Gasteiger partial charge in [0.05, 0.1) is 6.61 Å². The number of methoxy groups -OCH3 is 1. The second kappa shape index (κ2) is 9.20. The summed E-state index contributed by atoms with van der Waals surface area (Å²) in [5.74, 6) is 0. The van der Waals surface area contributed by atoms with Gasteiger partial charge in [0.2, 0.25) is 0 Å². The van der Waals surface area contributed by atoms with Crippen molar-refractivity contribution in [3.63, 3.8) is 0 Å². The number of nitrogens with one attached hydrogen (secondary N) is 2. The third kappa shape index (κ3) is 5.44. The minimum Gasteiger partial charge on any atom is -0.383 e. The molecule has 25 heavy (non-hydrogen) atoms. The van der Waals surface area contributed by atoms with E-state index >= 15 is 0 Å². The molecule has 1 fully saturated rings. The van der Waals surface area contributed by atoms with Crippen LogP contribution in [0.1, 0.15) is 36.8 Å². The molecule has 138 valence electrons. The van der Waals surface area contributed by atoms with E-state index in [9.17, 15) is 4.79 Å². The summed E-state index contributed by atoms with van der Waals surface area (Å²) < 4.78 is 5.13. The number of hydrogen-bond donors (Lipinski definition) is 2. The van der Waals surface area contributed by atoms with Gasteiger partial charge >= 0.3 is 6.03 Å². The Bertz CT molecular complexity index is 556. The second-order valence-electron chi connectivity index (χ2n) is 7.29. The molecular weight excluding hydrogens is 314 g/mol. The third-order valence-corrected chi connectivity index (χ3v) is 5.45. The van der Waals surface area contributed by atoms with Crippen LogP contribution >= 0.6 is 0 Å². The van der Waals surface area contributed by atoms with Gasteiger partial charge < -0.3 is 20.3 Å². The van der Waals surface area contributed by atoms with Crippen LogP contribution in [0.2, 0.25) is 0 Å². The van der Waals surface area contributed by atoms with Crippen LogP contribution in [0.4, 0.5) is 4.79 Å². The number of likely N-dealkylation sites (tertiary alicyclic amines) is 1. The van der Waals surface area contributed by atoms with Crippen molar-refractivity contribution in [2.45, 2.75) is 50.6 Å². The van der Waals surface area contributed by atoms with Crippen molar-refractivity contribution in [1.82, 2.24) is 15.5 Å². The average molecular weight is 345 g/mol. The minimum absolute atomic E-state index is 0.000257. The van der Waals surface area contributed by atoms with Crippen LogP contribution in [-0.4, -0.2) is 56.4 Å². The molecule has 1 heterocycles. The third-order valence-electron chi connectivity index (χ3n) is 5.45. The van der Waals surface area contributed by atoms with E-state index in [0.29, 0.717) is 0 Å². The molecule has 1 aliphatic heterocycles. The number of rotatable bonds is 5. The SMILES string of the molecule is COCCN1CCC(NC(=O)NC2CCCc3ccccc3C2)CC1. The maximum absolute atomic E-state index is 12.4. The number of nitrogens with zero attached hydrogens (tertiary/aromatic N) is 1. The lowest BCUT2D eigenvalue weighted by molar-refractivity contribution is 0.126. The molecule has 3 rings (SSSR count). The lowest BCUT2D eigenvalue weighted by atomic mass is 10.0. The van der Waals surface area contributed by atoms with E-state index in [4.69, 9.17) is 4.74 Å². The molecular formula is C20H31N3O2. The Kier molecular flexibility index (Phi) is 6.70. The number of hydrogen-bond acceptors (Lipinski definition) is 3. The van der Waals surface area contributed by atoms with Crippen molar-refractivity contribution >= 4 is 6.03 Å². The van der Waals surface area contributed by atoms with Crippen molar-refractivity contribution in [2.75, 3.05) is 33.4 Å². The molecule has 5 nitrogen and oxygen atoms in total. The first-order chi connectivity index (χ1) is 12.2. The quantitative estimate of drug-likeness (QED) is 0.806. The fourth-order valence-corrected chi connectivity index (χ4v) is 3.96. The number of benzene rings is 1. The normalized spacial score (nSPS) is 22.0. The summed E-state index contributed by atoms with van der Waals surface area (Å²) in [5.41, 5.74) is 2.83. The molecule has 2 amide bonds. The van der Waals surface area contributed by atoms with Crippen LogP contribution < -0.4 is 10.6 Å². The van der Waals surface area contributed by atoms with Crippen molar-refractivity contribution in [3.8, 4) is 0 Å². The Morgan fingerprint density at radius 2 is 1.84 bits per heavy atom. The topological polar surface area (TPSA) is 53.6 Å². The second-order valence-corrected chi connectivity index (χ2v) is 7.29. The first-order valence-electron chi connectivity index (χ1n) is 9.59. The number of carbonyl (C=O) groups is 1. The van der Waals surface area contributed by atoms with Gasteiger partial charge in [-0.3, -0.25) is 0 Å². The first-order valence-corrected chi connectivity index (χ1v) is 9.59. The zero-order chi connectivity index (χ0) is 17.5. The summed E-state index contributed by atoms with van der Waals surface area (Å²) in [6, 6.07) is 9.15. The fourth-order valence-electron chi connectivity index (χ4n) is 3.96. The van der Waals surface area contributed by atoms with Crippen molar-refractivity contribution in [1.29, 1.82) is 0 Å². The van der Waals surface area contributed by atoms with E-state index in [1.807, 2.05) is 0 Å². The molecule has 2 aliphatic rings. The zero-order valence-corrected chi connectivity index (χ0v) is 15.3. The Morgan fingerprint density at radius 1 is 1.12 bits per heavy atom. The van der Waals surface area contributed by atoms with Crippen LogP contribution in [0.3, 0.4) is 0 Å². The van der Waals surface area contributed by atoms with Gasteiger partial charge in [-0.15, -0.1) is 0 Å². The Morgan fingerprint density at radius 3 is 2.60 bits per heavy atom. The summed E-state index contributed by atoms with van der Waals surface area (Å²) in [4.78, 5) is 14.8. The van der Waals surface area contributed by atoms with Gasteiger partial charge in [0.25, 0.3) is 0 Å². The molecule has 1 atom stereocenters. The Balaban J connectivity index is 1.42. The van der Waals surface area contributed by atoms with Crippen LogP contribution in [0, 0.1) is 0 Å². The Labute approximate surface area is 151 Å². The van der Waals surface area contributed by atoms with Crippen LogP contribution in [0.5, 0.6) is 0 Å². The highest BCUT2D eigenvalue weighted by Gasteiger charge is 2.22. The van der Waals surface area contributed by atoms with E-state index in [2.05, 4.69) is 39.8 Å². The van der Waals surface area contributed by atoms with Gasteiger partial charge in [-0.2, -0.15) is 0 Å². The average Bonchev–Trinajstić information content (AvgIpc) is 2.82. The lowest BCUT2D eigenvalue weighted by Crippen LogP contribution is -2.50. The van der Waals surface area contributed by atoms with Gasteiger partial charge in [-0.25, -0.2) is 4.79 Å². The van der Waals surface area contributed by atoms with Crippen molar-refractivity contribution < 1.29 is 9.53 Å². The number of ether oxygens (including phenoxy) is 1. The summed E-state index contributed by atoms with van der Waals surface area (Å²) in [6.07, 6.45) is 6.29. The first kappa shape index (κ1) is 18.2. The zero-order valence-electron chi connectivity index (χ0n) is 15.3. The van der Waals surface area contributed by atoms with Crippen LogP contribution in [0.25, 0.3) is 0 Å². The number of urea groups is 1. The lowest BCUT2D eigenvalue weighted by Gasteiger charge is -2.32. The summed E-state index contributed by atoms with van der Waals surface area (Å²) in [5, 5.41) is 6.39. The van der Waals surface area contributed by atoms with Crippen LogP contribution in [0.15, 0.2) is 24.3 Å². The predicted octanol–water partition coefficient (Wildman–Crippen LogP) is 2.34. The fraction of sp³-hybridized carbons (Fsp3) is 0.650. The molecule has 1 aromatic rings. The minimum atomic E-state index is -0.000257. The number of carbonyl (C=O) groups excluding carboxylic acids is 1. The molecule has 0 bridgehead atoms. The van der Waals surface area contributed by atoms with Crippen LogP contribution in [-0.2, 0) is 17.6 Å². The molecule has 1 aromatic carbocycles. The molecule has 5 heteroatoms. The van der Waals surface area contributed by atoms with E-state index < -0.39 is 0 Å². The molecule has 2 N–H and O–H groups in total. The van der Waals surface area contributed by atoms with Crippen molar-refractivity contribution in [2.24, 2.45) is 0 Å². The molecule has 1 unspecified atom stereocenters. The van der Waals surface area contributed by atoms with Crippen molar-refractivity contribution in [3.05, 3.63) is 35.4 Å². The highest BCUT2D eigenvalue weighted by molar-refractivity contribution is 5.74. The molecule has 0 saturated carbocycles. The van der Waals surface area contributed by atoms with Gasteiger partial charge in [0.1, 0.15) is 0 Å². The standard InChI is InChI=1S/C20H31N3O2/c1-25-14-13-23-11-9-18(10-12-23)21-20(24)22-19-8-4-7-16-5-2-3-6-17(16)15-19/h2-3,5-6,18-19H,4,7-15H2,1H3,(H2,21,22,24). The predicted molar refractivity (Wildman–Crippen MR) is 99.9 cm³/mol. The maximum atomic E-state index is 12.4.